The lowest BCUT2D eigenvalue weighted by atomic mass is 9.92. The number of carbonyl (C=O) groups is 1. The third-order valence-electron chi connectivity index (χ3n) is 5.03. The summed E-state index contributed by atoms with van der Waals surface area (Å²) in [6.07, 6.45) is 2.03. The Hall–Kier alpha value is -1.15. The highest BCUT2D eigenvalue weighted by Gasteiger charge is 2.31. The van der Waals surface area contributed by atoms with E-state index in [1.165, 1.54) is 12.1 Å². The van der Waals surface area contributed by atoms with Gasteiger partial charge in [0.05, 0.1) is 4.90 Å². The predicted molar refractivity (Wildman–Crippen MR) is 99.5 cm³/mol. The van der Waals surface area contributed by atoms with Crippen molar-refractivity contribution in [2.45, 2.75) is 24.7 Å². The summed E-state index contributed by atoms with van der Waals surface area (Å²) < 4.78 is 26.7. The molecule has 0 aromatic heterocycles. The van der Waals surface area contributed by atoms with Crippen LogP contribution >= 0.6 is 12.4 Å². The average molecular weight is 388 g/mol. The minimum absolute atomic E-state index is 0. The molecule has 25 heavy (non-hydrogen) atoms. The fourth-order valence-corrected chi connectivity index (χ4v) is 4.76. The molecule has 0 bridgehead atoms. The number of carbonyl (C=O) groups excluding carboxylic acids is 1. The second kappa shape index (κ2) is 8.49. The van der Waals surface area contributed by atoms with Crippen LogP contribution in [-0.4, -0.2) is 51.9 Å². The highest BCUT2D eigenvalue weighted by atomic mass is 35.5. The van der Waals surface area contributed by atoms with Crippen LogP contribution in [0.15, 0.2) is 29.2 Å². The molecular weight excluding hydrogens is 362 g/mol. The van der Waals surface area contributed by atoms with E-state index in [1.54, 1.807) is 19.1 Å². The highest BCUT2D eigenvalue weighted by molar-refractivity contribution is 7.89. The number of fused-ring (bicyclic) bond motifs is 1. The maximum absolute atomic E-state index is 12.8. The maximum atomic E-state index is 12.8. The molecule has 2 aliphatic rings. The molecule has 2 saturated heterocycles. The number of nitrogens with one attached hydrogen (secondary N) is 2. The van der Waals surface area contributed by atoms with Crippen molar-refractivity contribution >= 4 is 28.3 Å². The van der Waals surface area contributed by atoms with Gasteiger partial charge in [0.1, 0.15) is 0 Å². The van der Waals surface area contributed by atoms with Gasteiger partial charge >= 0.3 is 0 Å². The van der Waals surface area contributed by atoms with E-state index in [1.807, 2.05) is 4.90 Å². The molecule has 1 amide bonds. The van der Waals surface area contributed by atoms with Crippen molar-refractivity contribution in [3.63, 3.8) is 0 Å². The SMILES string of the molecule is CCNS(=O)(=O)c1cccc(C(=O)N2CC[C@@H]3CNC[C@@H]3CC2)c1.Cl. The summed E-state index contributed by atoms with van der Waals surface area (Å²) in [5.41, 5.74) is 0.444. The standard InChI is InChI=1S/C17H25N3O3S.ClH/c1-2-19-24(22,23)16-5-3-4-13(10-16)17(21)20-8-6-14-11-18-12-15(14)7-9-20;/h3-5,10,14-15,18-19H,2,6-9,11-12H2,1H3;1H/t14-,15+;. The first-order valence-electron chi connectivity index (χ1n) is 8.61. The van der Waals surface area contributed by atoms with E-state index in [4.69, 9.17) is 0 Å². The van der Waals surface area contributed by atoms with Crippen molar-refractivity contribution in [1.29, 1.82) is 0 Å². The van der Waals surface area contributed by atoms with Crippen LogP contribution in [0.1, 0.15) is 30.1 Å². The van der Waals surface area contributed by atoms with Crippen molar-refractivity contribution in [1.82, 2.24) is 14.9 Å². The number of amides is 1. The number of nitrogens with zero attached hydrogens (tertiary/aromatic N) is 1. The van der Waals surface area contributed by atoms with Crippen LogP contribution in [0.5, 0.6) is 0 Å². The topological polar surface area (TPSA) is 78.5 Å². The quantitative estimate of drug-likeness (QED) is 0.820. The average Bonchev–Trinajstić information content (AvgIpc) is 2.93. The highest BCUT2D eigenvalue weighted by Crippen LogP contribution is 2.27. The summed E-state index contributed by atoms with van der Waals surface area (Å²) in [5, 5.41) is 3.43. The predicted octanol–water partition coefficient (Wildman–Crippen LogP) is 1.48. The van der Waals surface area contributed by atoms with Crippen LogP contribution in [0.3, 0.4) is 0 Å². The lowest BCUT2D eigenvalue weighted by Gasteiger charge is -2.21. The Labute approximate surface area is 155 Å². The monoisotopic (exact) mass is 387 g/mol. The van der Waals surface area contributed by atoms with E-state index in [2.05, 4.69) is 10.0 Å². The van der Waals surface area contributed by atoms with Crippen LogP contribution in [0.2, 0.25) is 0 Å². The molecule has 8 heteroatoms. The van der Waals surface area contributed by atoms with Gasteiger partial charge in [-0.05, 0) is 56.0 Å². The van der Waals surface area contributed by atoms with Crippen LogP contribution in [0.4, 0.5) is 0 Å². The summed E-state index contributed by atoms with van der Waals surface area (Å²) >= 11 is 0. The van der Waals surface area contributed by atoms with Crippen LogP contribution < -0.4 is 10.0 Å². The van der Waals surface area contributed by atoms with Gasteiger partial charge in [0.25, 0.3) is 5.91 Å². The Morgan fingerprint density at radius 1 is 1.24 bits per heavy atom. The molecule has 0 aliphatic carbocycles. The van der Waals surface area contributed by atoms with Crippen molar-refractivity contribution < 1.29 is 13.2 Å². The van der Waals surface area contributed by atoms with E-state index in [-0.39, 0.29) is 23.2 Å². The van der Waals surface area contributed by atoms with Crippen LogP contribution in [-0.2, 0) is 10.0 Å². The molecule has 0 radical (unpaired) electrons. The van der Waals surface area contributed by atoms with E-state index < -0.39 is 10.0 Å². The molecule has 2 aliphatic heterocycles. The Bertz CT molecular complexity index is 697. The third kappa shape index (κ3) is 4.53. The van der Waals surface area contributed by atoms with E-state index in [9.17, 15) is 13.2 Å². The first kappa shape index (κ1) is 20.2. The summed E-state index contributed by atoms with van der Waals surface area (Å²) in [7, 11) is -3.55. The Kier molecular flexibility index (Phi) is 6.85. The zero-order chi connectivity index (χ0) is 17.2. The second-order valence-electron chi connectivity index (χ2n) is 6.58. The van der Waals surface area contributed by atoms with Gasteiger partial charge < -0.3 is 10.2 Å². The molecule has 3 rings (SSSR count). The number of benzene rings is 1. The largest absolute Gasteiger partial charge is 0.339 e. The molecule has 140 valence electrons. The van der Waals surface area contributed by atoms with Crippen LogP contribution in [0.25, 0.3) is 0 Å². The molecule has 0 spiro atoms. The van der Waals surface area contributed by atoms with Gasteiger partial charge in [-0.3, -0.25) is 4.79 Å². The molecule has 0 unspecified atom stereocenters. The molecule has 2 heterocycles. The first-order chi connectivity index (χ1) is 11.5. The number of hydrogen-bond acceptors (Lipinski definition) is 4. The molecule has 2 N–H and O–H groups in total. The minimum atomic E-state index is -3.55. The van der Waals surface area contributed by atoms with Gasteiger partial charge in [0.2, 0.25) is 10.0 Å². The Morgan fingerprint density at radius 3 is 2.48 bits per heavy atom. The number of sulfonamides is 1. The van der Waals surface area contributed by atoms with Crippen molar-refractivity contribution in [2.75, 3.05) is 32.7 Å². The van der Waals surface area contributed by atoms with Crippen molar-refractivity contribution in [2.24, 2.45) is 11.8 Å². The zero-order valence-corrected chi connectivity index (χ0v) is 16.0. The Balaban J connectivity index is 0.00000225. The normalized spacial score (nSPS) is 23.5. The summed E-state index contributed by atoms with van der Waals surface area (Å²) in [4.78, 5) is 14.8. The smallest absolute Gasteiger partial charge is 0.253 e. The van der Waals surface area contributed by atoms with Gasteiger partial charge in [-0.15, -0.1) is 12.4 Å². The molecule has 6 nitrogen and oxygen atoms in total. The van der Waals surface area contributed by atoms with Gasteiger partial charge in [0.15, 0.2) is 0 Å². The maximum Gasteiger partial charge on any atom is 0.253 e. The van der Waals surface area contributed by atoms with Crippen molar-refractivity contribution in [3.8, 4) is 0 Å². The number of rotatable bonds is 4. The first-order valence-corrected chi connectivity index (χ1v) is 10.1. The zero-order valence-electron chi connectivity index (χ0n) is 14.4. The number of likely N-dealkylation sites (tertiary alicyclic amines) is 1. The minimum Gasteiger partial charge on any atom is -0.339 e. The molecule has 0 saturated carbocycles. The van der Waals surface area contributed by atoms with E-state index in [0.29, 0.717) is 23.9 Å². The number of halogens is 1. The molecule has 2 atom stereocenters. The molecule has 1 aromatic carbocycles. The molecule has 1 aromatic rings. The van der Waals surface area contributed by atoms with Gasteiger partial charge in [-0.25, -0.2) is 13.1 Å². The number of hydrogen-bond donors (Lipinski definition) is 2. The van der Waals surface area contributed by atoms with Gasteiger partial charge in [-0.1, -0.05) is 13.0 Å². The fraction of sp³-hybridized carbons (Fsp3) is 0.588. The third-order valence-corrected chi connectivity index (χ3v) is 6.58. The molecular formula is C17H26ClN3O3S. The van der Waals surface area contributed by atoms with Gasteiger partial charge in [0, 0.05) is 25.2 Å². The summed E-state index contributed by atoms with van der Waals surface area (Å²) in [5.74, 6) is 1.24. The molecule has 2 fully saturated rings. The van der Waals surface area contributed by atoms with Crippen LogP contribution in [0, 0.1) is 11.8 Å². The van der Waals surface area contributed by atoms with E-state index >= 15 is 0 Å². The van der Waals surface area contributed by atoms with E-state index in [0.717, 1.165) is 39.0 Å². The lowest BCUT2D eigenvalue weighted by Crippen LogP contribution is -2.33. The van der Waals surface area contributed by atoms with Crippen molar-refractivity contribution in [3.05, 3.63) is 29.8 Å². The van der Waals surface area contributed by atoms with Gasteiger partial charge in [-0.2, -0.15) is 0 Å². The Morgan fingerprint density at radius 2 is 1.88 bits per heavy atom. The lowest BCUT2D eigenvalue weighted by molar-refractivity contribution is 0.0758. The summed E-state index contributed by atoms with van der Waals surface area (Å²) in [6.45, 7) is 5.63. The second-order valence-corrected chi connectivity index (χ2v) is 8.34. The fourth-order valence-electron chi connectivity index (χ4n) is 3.67. The summed E-state index contributed by atoms with van der Waals surface area (Å²) in [6, 6.07) is 6.33.